The third-order valence-electron chi connectivity index (χ3n) is 3.68. The Morgan fingerprint density at radius 3 is 2.85 bits per heavy atom. The van der Waals surface area contributed by atoms with Crippen LogP contribution in [0.4, 0.5) is 0 Å². The summed E-state index contributed by atoms with van der Waals surface area (Å²) >= 11 is 0. The fourth-order valence-electron chi connectivity index (χ4n) is 2.59. The van der Waals surface area contributed by atoms with Crippen LogP contribution in [0.25, 0.3) is 0 Å². The van der Waals surface area contributed by atoms with Gasteiger partial charge in [0.05, 0.1) is 0 Å². The fraction of sp³-hybridized carbons (Fsp3) is 0.615. The van der Waals surface area contributed by atoms with Crippen molar-refractivity contribution in [2.75, 3.05) is 6.61 Å². The lowest BCUT2D eigenvalue weighted by Gasteiger charge is -2.30. The highest BCUT2D eigenvalue weighted by Crippen LogP contribution is 2.23. The van der Waals surface area contributed by atoms with Crippen molar-refractivity contribution in [3.63, 3.8) is 0 Å². The molecule has 2 rings (SSSR count). The van der Waals surface area contributed by atoms with E-state index in [0.717, 1.165) is 42.5 Å². The monoisotopic (exact) mass is 281 g/mol. The normalized spacial score (nSPS) is 22.4. The minimum atomic E-state index is -0.429. The molecule has 0 saturated heterocycles. The van der Waals surface area contributed by atoms with Crippen LogP contribution in [0.2, 0.25) is 0 Å². The minimum Gasteiger partial charge on any atom is -0.396 e. The highest BCUT2D eigenvalue weighted by Gasteiger charge is 2.25. The van der Waals surface area contributed by atoms with Crippen LogP contribution in [-0.2, 0) is 11.3 Å². The van der Waals surface area contributed by atoms with Crippen molar-refractivity contribution >= 4 is 5.91 Å². The lowest BCUT2D eigenvalue weighted by atomic mass is 9.85. The molecule has 1 fully saturated rings. The van der Waals surface area contributed by atoms with Crippen LogP contribution in [0.3, 0.4) is 0 Å². The summed E-state index contributed by atoms with van der Waals surface area (Å²) < 4.78 is 0.981. The third-order valence-corrected chi connectivity index (χ3v) is 3.68. The van der Waals surface area contributed by atoms with Gasteiger partial charge in [0.1, 0.15) is 6.54 Å². The molecule has 0 spiro atoms. The highest BCUT2D eigenvalue weighted by molar-refractivity contribution is 5.75. The first-order valence-corrected chi connectivity index (χ1v) is 6.80. The number of nitrogens with zero attached hydrogens (tertiary/aromatic N) is 1. The van der Waals surface area contributed by atoms with E-state index in [2.05, 4.69) is 10.4 Å². The zero-order chi connectivity index (χ0) is 14.5. The molecule has 0 radical (unpaired) electrons. The zero-order valence-electron chi connectivity index (χ0n) is 11.2. The molecule has 0 bridgehead atoms. The Morgan fingerprint density at radius 1 is 1.35 bits per heavy atom. The predicted molar refractivity (Wildman–Crippen MR) is 72.3 cm³/mol. The molecule has 110 valence electrons. The van der Waals surface area contributed by atoms with Crippen molar-refractivity contribution < 1.29 is 9.90 Å². The number of carbonyl (C=O) groups excluding carboxylic acids is 1. The van der Waals surface area contributed by atoms with Crippen LogP contribution in [0.15, 0.2) is 21.7 Å². The number of aliphatic hydroxyl groups excluding tert-OH is 1. The van der Waals surface area contributed by atoms with Gasteiger partial charge in [0, 0.05) is 30.7 Å². The van der Waals surface area contributed by atoms with Crippen LogP contribution in [-0.4, -0.2) is 33.4 Å². The van der Waals surface area contributed by atoms with Gasteiger partial charge < -0.3 is 10.4 Å². The highest BCUT2D eigenvalue weighted by atomic mass is 16.3. The number of carbonyl (C=O) groups is 1. The molecule has 1 aromatic rings. The SMILES string of the molecule is O=C(Cn1[nH]c(=O)ccc1=O)NC1CCCCC1CO. The largest absolute Gasteiger partial charge is 0.396 e. The molecule has 2 atom stereocenters. The summed E-state index contributed by atoms with van der Waals surface area (Å²) in [6, 6.07) is 2.19. The van der Waals surface area contributed by atoms with Crippen molar-refractivity contribution in [3.8, 4) is 0 Å². The maximum atomic E-state index is 11.9. The molecular weight excluding hydrogens is 262 g/mol. The second kappa shape index (κ2) is 6.51. The van der Waals surface area contributed by atoms with E-state index in [0.29, 0.717) is 0 Å². The summed E-state index contributed by atoms with van der Waals surface area (Å²) in [5.41, 5.74) is -0.856. The van der Waals surface area contributed by atoms with Gasteiger partial charge in [-0.25, -0.2) is 4.68 Å². The van der Waals surface area contributed by atoms with E-state index >= 15 is 0 Å². The number of rotatable bonds is 4. The van der Waals surface area contributed by atoms with Crippen molar-refractivity contribution in [1.82, 2.24) is 15.1 Å². The summed E-state index contributed by atoms with van der Waals surface area (Å²) in [4.78, 5) is 34.6. The van der Waals surface area contributed by atoms with Crippen LogP contribution in [0.1, 0.15) is 25.7 Å². The van der Waals surface area contributed by atoms with E-state index in [1.54, 1.807) is 0 Å². The van der Waals surface area contributed by atoms with Gasteiger partial charge in [0.15, 0.2) is 0 Å². The van der Waals surface area contributed by atoms with Gasteiger partial charge in [0.25, 0.3) is 11.1 Å². The van der Waals surface area contributed by atoms with Crippen LogP contribution >= 0.6 is 0 Å². The smallest absolute Gasteiger partial charge is 0.265 e. The number of aromatic nitrogens is 2. The molecule has 1 aromatic heterocycles. The minimum absolute atomic E-state index is 0.0487. The van der Waals surface area contributed by atoms with Gasteiger partial charge in [-0.2, -0.15) is 0 Å². The van der Waals surface area contributed by atoms with Crippen LogP contribution in [0, 0.1) is 5.92 Å². The molecule has 0 aromatic carbocycles. The molecule has 2 unspecified atom stereocenters. The van der Waals surface area contributed by atoms with E-state index in [1.165, 1.54) is 0 Å². The first-order valence-electron chi connectivity index (χ1n) is 6.80. The standard InChI is InChI=1S/C13H19N3O4/c17-8-9-3-1-2-4-10(9)14-12(19)7-16-13(20)6-5-11(18)15-16/h5-6,9-10,17H,1-4,7-8H2,(H,14,19)(H,15,18). The Bertz CT molecular complexity index is 577. The fourth-order valence-corrected chi connectivity index (χ4v) is 2.59. The van der Waals surface area contributed by atoms with Crippen LogP contribution < -0.4 is 16.4 Å². The summed E-state index contributed by atoms with van der Waals surface area (Å²) in [5.74, 6) is -0.265. The second-order valence-electron chi connectivity index (χ2n) is 5.13. The molecule has 1 aliphatic carbocycles. The van der Waals surface area contributed by atoms with Gasteiger partial charge in [-0.05, 0) is 12.8 Å². The van der Waals surface area contributed by atoms with Gasteiger partial charge in [-0.15, -0.1) is 0 Å². The molecular formula is C13H19N3O4. The summed E-state index contributed by atoms with van der Waals surface area (Å²) in [6.45, 7) is -0.170. The summed E-state index contributed by atoms with van der Waals surface area (Å²) in [5, 5.41) is 14.4. The average molecular weight is 281 g/mol. The Kier molecular flexibility index (Phi) is 4.73. The quantitative estimate of drug-likeness (QED) is 0.672. The predicted octanol–water partition coefficient (Wildman–Crippen LogP) is -0.796. The lowest BCUT2D eigenvalue weighted by molar-refractivity contribution is -0.123. The van der Waals surface area contributed by atoms with Gasteiger partial charge in [0.2, 0.25) is 5.91 Å². The van der Waals surface area contributed by atoms with Gasteiger partial charge in [-0.1, -0.05) is 12.8 Å². The molecule has 7 heteroatoms. The Morgan fingerprint density at radius 2 is 2.10 bits per heavy atom. The maximum Gasteiger partial charge on any atom is 0.265 e. The number of aromatic amines is 1. The Labute approximate surface area is 115 Å². The molecule has 1 amide bonds. The third kappa shape index (κ3) is 3.57. The molecule has 20 heavy (non-hydrogen) atoms. The number of hydrogen-bond donors (Lipinski definition) is 3. The summed E-state index contributed by atoms with van der Waals surface area (Å²) in [7, 11) is 0. The molecule has 3 N–H and O–H groups in total. The molecule has 7 nitrogen and oxygen atoms in total. The van der Waals surface area contributed by atoms with E-state index in [1.807, 2.05) is 0 Å². The number of nitrogens with one attached hydrogen (secondary N) is 2. The van der Waals surface area contributed by atoms with Crippen molar-refractivity contribution in [2.24, 2.45) is 5.92 Å². The van der Waals surface area contributed by atoms with Crippen molar-refractivity contribution in [2.45, 2.75) is 38.3 Å². The number of aliphatic hydroxyl groups is 1. The number of amides is 1. The maximum absolute atomic E-state index is 11.9. The van der Waals surface area contributed by atoms with Crippen molar-refractivity contribution in [1.29, 1.82) is 0 Å². The van der Waals surface area contributed by atoms with E-state index in [4.69, 9.17) is 0 Å². The van der Waals surface area contributed by atoms with E-state index in [-0.39, 0.29) is 31.0 Å². The topological polar surface area (TPSA) is 104 Å². The van der Waals surface area contributed by atoms with E-state index in [9.17, 15) is 19.5 Å². The molecule has 0 aliphatic heterocycles. The Balaban J connectivity index is 1.99. The van der Waals surface area contributed by atoms with Crippen molar-refractivity contribution in [3.05, 3.63) is 32.8 Å². The number of H-pyrrole nitrogens is 1. The van der Waals surface area contributed by atoms with E-state index < -0.39 is 11.1 Å². The van der Waals surface area contributed by atoms with Gasteiger partial charge >= 0.3 is 0 Å². The van der Waals surface area contributed by atoms with Crippen LogP contribution in [0.5, 0.6) is 0 Å². The molecule has 1 aliphatic rings. The zero-order valence-corrected chi connectivity index (χ0v) is 11.2. The molecule has 1 heterocycles. The van der Waals surface area contributed by atoms with Gasteiger partial charge in [-0.3, -0.25) is 19.5 Å². The average Bonchev–Trinajstić information content (AvgIpc) is 2.43. The first kappa shape index (κ1) is 14.5. The number of hydrogen-bond acceptors (Lipinski definition) is 4. The Hall–Kier alpha value is -1.89. The second-order valence-corrected chi connectivity index (χ2v) is 5.13. The lowest BCUT2D eigenvalue weighted by Crippen LogP contribution is -2.46. The first-order chi connectivity index (χ1) is 9.60. The molecule has 1 saturated carbocycles. The summed E-state index contributed by atoms with van der Waals surface area (Å²) in [6.07, 6.45) is 3.80.